The van der Waals surface area contributed by atoms with Crippen LogP contribution in [0.3, 0.4) is 0 Å². The zero-order valence-electron chi connectivity index (χ0n) is 25.1. The minimum atomic E-state index is -4.32. The molecule has 1 saturated carbocycles. The van der Waals surface area contributed by atoms with E-state index in [1.807, 2.05) is 36.4 Å². The van der Waals surface area contributed by atoms with E-state index in [0.717, 1.165) is 47.5 Å². The van der Waals surface area contributed by atoms with Crippen molar-refractivity contribution in [3.63, 3.8) is 0 Å². The first kappa shape index (κ1) is 30.1. The van der Waals surface area contributed by atoms with Gasteiger partial charge in [0.1, 0.15) is 0 Å². The predicted molar refractivity (Wildman–Crippen MR) is 168 cm³/mol. The van der Waals surface area contributed by atoms with Crippen molar-refractivity contribution < 1.29 is 31.1 Å². The van der Waals surface area contributed by atoms with Gasteiger partial charge in [-0.1, -0.05) is 72.8 Å². The zero-order valence-corrected chi connectivity index (χ0v) is 25.1. The number of epoxide rings is 1. The van der Waals surface area contributed by atoms with Crippen molar-refractivity contribution in [3.05, 3.63) is 143 Å². The number of rotatable bonds is 2. The molecule has 0 radical (unpaired) electrons. The highest BCUT2D eigenvalue weighted by atomic mass is 19.4. The Bertz CT molecular complexity index is 1800. The number of alkyl halides is 6. The van der Waals surface area contributed by atoms with Gasteiger partial charge in [-0.05, 0) is 83.3 Å². The van der Waals surface area contributed by atoms with Crippen LogP contribution < -0.4 is 10.6 Å². The molecule has 3 heterocycles. The SMILES string of the molecule is FC(F)(F)c1ccc2c(c1)[C@@H]1[C@@H](C[C@H]3O[C@@H]13)[C@@H](c1ccccc1)N2.FC(F)(F)c1ccc2c(c1)[C@H]1C=CC[C@H]1[C@@H](c1ccccc1)N2. The first-order valence-electron chi connectivity index (χ1n) is 15.9. The van der Waals surface area contributed by atoms with Crippen molar-refractivity contribution in [2.75, 3.05) is 10.6 Å². The molecule has 5 aliphatic rings. The van der Waals surface area contributed by atoms with Crippen LogP contribution >= 0.6 is 0 Å². The van der Waals surface area contributed by atoms with Gasteiger partial charge >= 0.3 is 12.4 Å². The summed E-state index contributed by atoms with van der Waals surface area (Å²) in [6, 6.07) is 28.6. The fourth-order valence-electron chi connectivity index (χ4n) is 8.24. The van der Waals surface area contributed by atoms with Crippen molar-refractivity contribution in [3.8, 4) is 0 Å². The van der Waals surface area contributed by atoms with Crippen LogP contribution in [0.4, 0.5) is 37.7 Å². The first-order valence-corrected chi connectivity index (χ1v) is 15.9. The third kappa shape index (κ3) is 5.48. The van der Waals surface area contributed by atoms with E-state index in [1.54, 1.807) is 12.1 Å². The predicted octanol–water partition coefficient (Wildman–Crippen LogP) is 10.3. The molecule has 3 nitrogen and oxygen atoms in total. The highest BCUT2D eigenvalue weighted by Crippen LogP contribution is 2.60. The topological polar surface area (TPSA) is 36.6 Å². The summed E-state index contributed by atoms with van der Waals surface area (Å²) in [5, 5.41) is 6.94. The third-order valence-corrected chi connectivity index (χ3v) is 10.4. The van der Waals surface area contributed by atoms with Crippen molar-refractivity contribution >= 4 is 11.4 Å². The van der Waals surface area contributed by atoms with Gasteiger partial charge in [-0.25, -0.2) is 0 Å². The number of nitrogens with one attached hydrogen (secondary N) is 2. The van der Waals surface area contributed by atoms with Gasteiger partial charge in [0.2, 0.25) is 0 Å². The second-order valence-electron chi connectivity index (χ2n) is 13.1. The summed E-state index contributed by atoms with van der Waals surface area (Å²) in [6.07, 6.45) is -2.42. The minimum Gasteiger partial charge on any atom is -0.378 e. The van der Waals surface area contributed by atoms with Gasteiger partial charge in [-0.2, -0.15) is 26.3 Å². The molecule has 9 heteroatoms. The zero-order chi connectivity index (χ0) is 32.5. The Morgan fingerprint density at radius 3 is 1.72 bits per heavy atom. The fourth-order valence-corrected chi connectivity index (χ4v) is 8.24. The van der Waals surface area contributed by atoms with Crippen molar-refractivity contribution in [2.24, 2.45) is 11.8 Å². The summed E-state index contributed by atoms with van der Waals surface area (Å²) in [5.74, 6) is 0.609. The summed E-state index contributed by atoms with van der Waals surface area (Å²) < 4.78 is 84.0. The number of ether oxygens (including phenoxy) is 1. The number of fused-ring (bicyclic) bond motifs is 8. The van der Waals surface area contributed by atoms with Crippen LogP contribution in [0.25, 0.3) is 0 Å². The monoisotopic (exact) mass is 646 g/mol. The molecule has 0 bridgehead atoms. The Morgan fingerprint density at radius 1 is 0.617 bits per heavy atom. The molecule has 2 aliphatic carbocycles. The van der Waals surface area contributed by atoms with Crippen LogP contribution in [-0.2, 0) is 17.1 Å². The molecular formula is C38H32F6N2O. The van der Waals surface area contributed by atoms with Gasteiger partial charge in [0.25, 0.3) is 0 Å². The molecule has 4 aromatic rings. The van der Waals surface area contributed by atoms with Gasteiger partial charge in [-0.3, -0.25) is 0 Å². The lowest BCUT2D eigenvalue weighted by Gasteiger charge is -2.39. The largest absolute Gasteiger partial charge is 0.416 e. The molecule has 9 rings (SSSR count). The highest BCUT2D eigenvalue weighted by molar-refractivity contribution is 5.62. The van der Waals surface area contributed by atoms with Crippen LogP contribution in [0.1, 0.15) is 70.1 Å². The van der Waals surface area contributed by atoms with Crippen LogP contribution in [0.2, 0.25) is 0 Å². The number of halogens is 6. The summed E-state index contributed by atoms with van der Waals surface area (Å²) in [7, 11) is 0. The van der Waals surface area contributed by atoms with Crippen LogP contribution in [0.15, 0.2) is 109 Å². The molecule has 0 amide bonds. The maximum absolute atomic E-state index is 13.1. The first-order chi connectivity index (χ1) is 22.6. The van der Waals surface area contributed by atoms with E-state index in [2.05, 4.69) is 47.1 Å². The number of hydrogen-bond acceptors (Lipinski definition) is 3. The Labute approximate surface area is 268 Å². The van der Waals surface area contributed by atoms with Crippen LogP contribution in [0.5, 0.6) is 0 Å². The maximum Gasteiger partial charge on any atom is 0.416 e. The van der Waals surface area contributed by atoms with E-state index < -0.39 is 23.5 Å². The van der Waals surface area contributed by atoms with Gasteiger partial charge in [-0.15, -0.1) is 0 Å². The van der Waals surface area contributed by atoms with E-state index in [-0.39, 0.29) is 48.0 Å². The average molecular weight is 647 g/mol. The number of allylic oxidation sites excluding steroid dienone is 2. The molecule has 47 heavy (non-hydrogen) atoms. The quantitative estimate of drug-likeness (QED) is 0.129. The third-order valence-electron chi connectivity index (χ3n) is 10.4. The van der Waals surface area contributed by atoms with Gasteiger partial charge in [0.15, 0.2) is 0 Å². The van der Waals surface area contributed by atoms with Crippen LogP contribution in [-0.4, -0.2) is 12.2 Å². The number of anilines is 2. The number of benzene rings is 4. The second-order valence-corrected chi connectivity index (χ2v) is 13.1. The number of hydrogen-bond donors (Lipinski definition) is 2. The molecule has 1 saturated heterocycles. The fraction of sp³-hybridized carbons (Fsp3) is 0.316. The van der Waals surface area contributed by atoms with E-state index in [4.69, 9.17) is 4.74 Å². The standard InChI is InChI=1S/C19H16F3NO.C19H16F3N/c20-19(21,22)11-6-7-14-12(8-11)16-13(9-15-18(16)24-15)17(23-14)10-4-2-1-3-5-10;20-19(21,22)13-9-10-17-16(11-13)14-7-4-8-15(14)18(23-17)12-5-2-1-3-6-12/h1-8,13,15-18,23H,9H2;1-7,9-11,14-15,18,23H,8H2/t13-,15-,16-,17-,18-;14-,15+,18+/m10/s1. The smallest absolute Gasteiger partial charge is 0.378 e. The average Bonchev–Trinajstić information content (AvgIpc) is 3.46. The summed E-state index contributed by atoms with van der Waals surface area (Å²) in [4.78, 5) is 0. The molecule has 2 fully saturated rings. The summed E-state index contributed by atoms with van der Waals surface area (Å²) in [5.41, 5.74) is 4.32. The highest BCUT2D eigenvalue weighted by Gasteiger charge is 2.60. The van der Waals surface area contributed by atoms with Crippen molar-refractivity contribution in [1.29, 1.82) is 0 Å². The van der Waals surface area contributed by atoms with E-state index in [1.165, 1.54) is 23.3 Å². The Balaban J connectivity index is 0.000000138. The molecule has 4 aromatic carbocycles. The summed E-state index contributed by atoms with van der Waals surface area (Å²) >= 11 is 0. The lowest BCUT2D eigenvalue weighted by molar-refractivity contribution is -0.138. The minimum absolute atomic E-state index is 0.0405. The molecule has 0 aromatic heterocycles. The van der Waals surface area contributed by atoms with E-state index in [9.17, 15) is 26.3 Å². The van der Waals surface area contributed by atoms with Gasteiger partial charge in [0.05, 0.1) is 35.4 Å². The molecule has 8 atom stereocenters. The maximum atomic E-state index is 13.1. The second kappa shape index (κ2) is 11.2. The van der Waals surface area contributed by atoms with E-state index in [0.29, 0.717) is 0 Å². The molecule has 242 valence electrons. The van der Waals surface area contributed by atoms with Crippen LogP contribution in [0, 0.1) is 11.8 Å². The van der Waals surface area contributed by atoms with Gasteiger partial charge < -0.3 is 15.4 Å². The molecule has 2 N–H and O–H groups in total. The molecular weight excluding hydrogens is 614 g/mol. The Kier molecular flexibility index (Phi) is 7.17. The molecule has 3 aliphatic heterocycles. The van der Waals surface area contributed by atoms with Gasteiger partial charge in [0, 0.05) is 23.2 Å². The lowest BCUT2D eigenvalue weighted by atomic mass is 9.76. The Hall–Kier alpha value is -4.24. The normalized spacial score (nSPS) is 29.5. The lowest BCUT2D eigenvalue weighted by Crippen LogP contribution is -2.32. The Morgan fingerprint density at radius 2 is 1.15 bits per heavy atom. The summed E-state index contributed by atoms with van der Waals surface area (Å²) in [6.45, 7) is 0. The van der Waals surface area contributed by atoms with E-state index >= 15 is 0 Å². The van der Waals surface area contributed by atoms with Crippen molar-refractivity contribution in [2.45, 2.75) is 61.3 Å². The molecule has 0 spiro atoms. The molecule has 0 unspecified atom stereocenters. The van der Waals surface area contributed by atoms with Crippen molar-refractivity contribution in [1.82, 2.24) is 0 Å².